The van der Waals surface area contributed by atoms with Crippen LogP contribution in [0, 0.1) is 5.82 Å². The van der Waals surface area contributed by atoms with E-state index in [1.54, 1.807) is 6.07 Å². The maximum atomic E-state index is 12.9. The molecular weight excluding hydrogens is 195 g/mol. The standard InChI is InChI=1S/C12H13FO2/c1-2-3-10-8-11(13)6-4-9(10)5-7-12(14)15/h4-8H,2-3H2,1H3,(H,14,15)/b7-5+. The van der Waals surface area contributed by atoms with E-state index in [2.05, 4.69) is 0 Å². The average molecular weight is 208 g/mol. The number of hydrogen-bond acceptors (Lipinski definition) is 1. The van der Waals surface area contributed by atoms with Crippen LogP contribution in [0.15, 0.2) is 24.3 Å². The Morgan fingerprint density at radius 1 is 1.53 bits per heavy atom. The predicted molar refractivity (Wildman–Crippen MR) is 57.1 cm³/mol. The molecule has 0 saturated carbocycles. The zero-order chi connectivity index (χ0) is 11.3. The number of hydrogen-bond donors (Lipinski definition) is 1. The lowest BCUT2D eigenvalue weighted by atomic mass is 10.0. The minimum Gasteiger partial charge on any atom is -0.478 e. The summed E-state index contributed by atoms with van der Waals surface area (Å²) in [5, 5.41) is 8.49. The first kappa shape index (κ1) is 11.4. The van der Waals surface area contributed by atoms with Gasteiger partial charge in [-0.25, -0.2) is 9.18 Å². The van der Waals surface area contributed by atoms with E-state index in [1.165, 1.54) is 18.2 Å². The molecule has 3 heteroatoms. The molecule has 0 aliphatic carbocycles. The number of carbonyl (C=O) groups is 1. The topological polar surface area (TPSA) is 37.3 Å². The molecule has 0 heterocycles. The van der Waals surface area contributed by atoms with E-state index in [0.717, 1.165) is 30.0 Å². The van der Waals surface area contributed by atoms with Gasteiger partial charge in [-0.3, -0.25) is 0 Å². The van der Waals surface area contributed by atoms with Crippen molar-refractivity contribution in [1.82, 2.24) is 0 Å². The normalized spacial score (nSPS) is 10.8. The van der Waals surface area contributed by atoms with Crippen LogP contribution in [0.5, 0.6) is 0 Å². The van der Waals surface area contributed by atoms with Gasteiger partial charge >= 0.3 is 5.97 Å². The Morgan fingerprint density at radius 2 is 2.27 bits per heavy atom. The molecule has 1 aromatic carbocycles. The van der Waals surface area contributed by atoms with Gasteiger partial charge in [0, 0.05) is 6.08 Å². The van der Waals surface area contributed by atoms with Gasteiger partial charge in [-0.05, 0) is 35.8 Å². The molecule has 0 aliphatic heterocycles. The first-order valence-electron chi connectivity index (χ1n) is 4.83. The Labute approximate surface area is 88.1 Å². The molecule has 0 aliphatic rings. The zero-order valence-corrected chi connectivity index (χ0v) is 8.53. The summed E-state index contributed by atoms with van der Waals surface area (Å²) in [6.45, 7) is 2.00. The van der Waals surface area contributed by atoms with Gasteiger partial charge in [-0.15, -0.1) is 0 Å². The highest BCUT2D eigenvalue weighted by molar-refractivity contribution is 5.85. The molecular formula is C12H13FO2. The Balaban J connectivity index is 3.00. The molecule has 0 bridgehead atoms. The van der Waals surface area contributed by atoms with Gasteiger partial charge in [-0.1, -0.05) is 19.4 Å². The second-order valence-corrected chi connectivity index (χ2v) is 3.26. The Kier molecular flexibility index (Phi) is 4.03. The molecule has 1 rings (SSSR count). The quantitative estimate of drug-likeness (QED) is 0.772. The molecule has 1 N–H and O–H groups in total. The van der Waals surface area contributed by atoms with Crippen LogP contribution in [0.2, 0.25) is 0 Å². The third-order valence-electron chi connectivity index (χ3n) is 2.03. The van der Waals surface area contributed by atoms with Crippen LogP contribution in [0.1, 0.15) is 24.5 Å². The summed E-state index contributed by atoms with van der Waals surface area (Å²) in [5.74, 6) is -1.28. The van der Waals surface area contributed by atoms with Crippen LogP contribution in [0.25, 0.3) is 6.08 Å². The summed E-state index contributed by atoms with van der Waals surface area (Å²) in [6, 6.07) is 4.38. The zero-order valence-electron chi connectivity index (χ0n) is 8.53. The van der Waals surface area contributed by atoms with Gasteiger partial charge in [0.25, 0.3) is 0 Å². The van der Waals surface area contributed by atoms with Crippen molar-refractivity contribution in [1.29, 1.82) is 0 Å². The van der Waals surface area contributed by atoms with Crippen molar-refractivity contribution >= 4 is 12.0 Å². The van der Waals surface area contributed by atoms with E-state index in [1.807, 2.05) is 6.92 Å². The molecule has 1 aromatic rings. The molecule has 0 amide bonds. The van der Waals surface area contributed by atoms with Crippen molar-refractivity contribution in [2.75, 3.05) is 0 Å². The molecule has 0 spiro atoms. The number of halogens is 1. The van der Waals surface area contributed by atoms with Crippen molar-refractivity contribution in [3.05, 3.63) is 41.2 Å². The molecule has 2 nitrogen and oxygen atoms in total. The minimum absolute atomic E-state index is 0.286. The van der Waals surface area contributed by atoms with Crippen LogP contribution in [-0.2, 0) is 11.2 Å². The third kappa shape index (κ3) is 3.54. The number of aryl methyl sites for hydroxylation is 1. The number of rotatable bonds is 4. The van der Waals surface area contributed by atoms with Crippen LogP contribution in [-0.4, -0.2) is 11.1 Å². The van der Waals surface area contributed by atoms with E-state index in [0.29, 0.717) is 0 Å². The summed E-state index contributed by atoms with van der Waals surface area (Å²) in [4.78, 5) is 10.3. The lowest BCUT2D eigenvalue weighted by Crippen LogP contribution is -1.92. The summed E-state index contributed by atoms with van der Waals surface area (Å²) < 4.78 is 12.9. The van der Waals surface area contributed by atoms with Gasteiger partial charge in [0.15, 0.2) is 0 Å². The van der Waals surface area contributed by atoms with Crippen LogP contribution in [0.4, 0.5) is 4.39 Å². The number of carboxylic acid groups (broad SMARTS) is 1. The summed E-state index contributed by atoms with van der Waals surface area (Å²) in [7, 11) is 0. The van der Waals surface area contributed by atoms with Gasteiger partial charge in [0.1, 0.15) is 5.82 Å². The summed E-state index contributed by atoms with van der Waals surface area (Å²) in [6.07, 6.45) is 4.20. The SMILES string of the molecule is CCCc1cc(F)ccc1/C=C/C(=O)O. The lowest BCUT2D eigenvalue weighted by Gasteiger charge is -2.04. The van der Waals surface area contributed by atoms with Crippen molar-refractivity contribution in [3.8, 4) is 0 Å². The second kappa shape index (κ2) is 5.29. The van der Waals surface area contributed by atoms with Crippen molar-refractivity contribution in [2.24, 2.45) is 0 Å². The Hall–Kier alpha value is -1.64. The fourth-order valence-corrected chi connectivity index (χ4v) is 1.38. The maximum absolute atomic E-state index is 12.9. The summed E-state index contributed by atoms with van der Waals surface area (Å²) in [5.41, 5.74) is 1.61. The van der Waals surface area contributed by atoms with Crippen LogP contribution < -0.4 is 0 Å². The average Bonchev–Trinajstić information content (AvgIpc) is 2.17. The molecule has 0 atom stereocenters. The lowest BCUT2D eigenvalue weighted by molar-refractivity contribution is -0.131. The van der Waals surface area contributed by atoms with Gasteiger partial charge < -0.3 is 5.11 Å². The molecule has 0 radical (unpaired) electrons. The smallest absolute Gasteiger partial charge is 0.328 e. The monoisotopic (exact) mass is 208 g/mol. The molecule has 0 aromatic heterocycles. The highest BCUT2D eigenvalue weighted by Gasteiger charge is 2.01. The number of carboxylic acids is 1. The minimum atomic E-state index is -0.998. The van der Waals surface area contributed by atoms with Crippen molar-refractivity contribution in [2.45, 2.75) is 19.8 Å². The van der Waals surface area contributed by atoms with E-state index in [9.17, 15) is 9.18 Å². The van der Waals surface area contributed by atoms with Gasteiger partial charge in [-0.2, -0.15) is 0 Å². The van der Waals surface area contributed by atoms with Gasteiger partial charge in [0.05, 0.1) is 0 Å². The molecule has 0 fully saturated rings. The molecule has 0 saturated heterocycles. The van der Waals surface area contributed by atoms with Crippen LogP contribution >= 0.6 is 0 Å². The fraction of sp³-hybridized carbons (Fsp3) is 0.250. The molecule has 15 heavy (non-hydrogen) atoms. The number of aliphatic carboxylic acids is 1. The largest absolute Gasteiger partial charge is 0.478 e. The fourth-order valence-electron chi connectivity index (χ4n) is 1.38. The second-order valence-electron chi connectivity index (χ2n) is 3.26. The first-order valence-corrected chi connectivity index (χ1v) is 4.83. The number of benzene rings is 1. The highest BCUT2D eigenvalue weighted by Crippen LogP contribution is 2.15. The first-order chi connectivity index (χ1) is 7.13. The van der Waals surface area contributed by atoms with E-state index in [-0.39, 0.29) is 5.82 Å². The summed E-state index contributed by atoms with van der Waals surface area (Å²) >= 11 is 0. The van der Waals surface area contributed by atoms with Crippen molar-refractivity contribution in [3.63, 3.8) is 0 Å². The van der Waals surface area contributed by atoms with E-state index >= 15 is 0 Å². The van der Waals surface area contributed by atoms with Crippen molar-refractivity contribution < 1.29 is 14.3 Å². The van der Waals surface area contributed by atoms with Crippen LogP contribution in [0.3, 0.4) is 0 Å². The van der Waals surface area contributed by atoms with E-state index in [4.69, 9.17) is 5.11 Å². The Morgan fingerprint density at radius 3 is 2.87 bits per heavy atom. The Bertz CT molecular complexity index is 383. The van der Waals surface area contributed by atoms with Gasteiger partial charge in [0.2, 0.25) is 0 Å². The molecule has 80 valence electrons. The van der Waals surface area contributed by atoms with E-state index < -0.39 is 5.97 Å². The maximum Gasteiger partial charge on any atom is 0.328 e. The predicted octanol–water partition coefficient (Wildman–Crippen LogP) is 2.88. The third-order valence-corrected chi connectivity index (χ3v) is 2.03. The highest BCUT2D eigenvalue weighted by atomic mass is 19.1. The molecule has 0 unspecified atom stereocenters.